The van der Waals surface area contributed by atoms with E-state index in [2.05, 4.69) is 9.88 Å². The molecule has 2 aromatic rings. The van der Waals surface area contributed by atoms with Gasteiger partial charge in [0.25, 0.3) is 0 Å². The number of Topliss-reactive ketones (excluding diaryl/α,β-unsaturated/α-hetero) is 1. The predicted molar refractivity (Wildman–Crippen MR) is 109 cm³/mol. The van der Waals surface area contributed by atoms with E-state index < -0.39 is 0 Å². The normalized spacial score (nSPS) is 27.0. The molecule has 0 bridgehead atoms. The summed E-state index contributed by atoms with van der Waals surface area (Å²) >= 11 is 0. The second kappa shape index (κ2) is 7.50. The van der Waals surface area contributed by atoms with Gasteiger partial charge in [-0.1, -0.05) is 0 Å². The molecule has 0 radical (unpaired) electrons. The van der Waals surface area contributed by atoms with E-state index in [0.717, 1.165) is 44.7 Å². The number of benzene rings is 1. The van der Waals surface area contributed by atoms with Gasteiger partial charge in [-0.3, -0.25) is 14.7 Å². The second-order valence-electron chi connectivity index (χ2n) is 8.53. The van der Waals surface area contributed by atoms with E-state index in [9.17, 15) is 9.18 Å². The number of carbonyl (C=O) groups excluding carboxylic acids is 1. The van der Waals surface area contributed by atoms with Crippen molar-refractivity contribution in [2.75, 3.05) is 32.0 Å². The van der Waals surface area contributed by atoms with Gasteiger partial charge < -0.3 is 10.5 Å². The summed E-state index contributed by atoms with van der Waals surface area (Å²) in [7, 11) is 0. The number of nitrogens with two attached hydrogens (primary N) is 1. The van der Waals surface area contributed by atoms with Gasteiger partial charge in [-0.15, -0.1) is 0 Å². The van der Waals surface area contributed by atoms with Crippen LogP contribution >= 0.6 is 0 Å². The quantitative estimate of drug-likeness (QED) is 0.843. The molecule has 3 fully saturated rings. The Bertz CT molecular complexity index is 899. The van der Waals surface area contributed by atoms with E-state index in [0.29, 0.717) is 35.0 Å². The number of likely N-dealkylation sites (tertiary alicyclic amines) is 1. The minimum atomic E-state index is -0.283. The third kappa shape index (κ3) is 3.67. The van der Waals surface area contributed by atoms with Gasteiger partial charge in [-0.2, -0.15) is 0 Å². The Labute approximate surface area is 170 Å². The lowest BCUT2D eigenvalue weighted by molar-refractivity contribution is -0.120. The highest BCUT2D eigenvalue weighted by Gasteiger charge is 2.59. The lowest BCUT2D eigenvalue weighted by atomic mass is 10.0. The minimum Gasteiger partial charge on any atom is -0.397 e. The number of aromatic nitrogens is 1. The average molecular weight is 395 g/mol. The van der Waals surface area contributed by atoms with Crippen LogP contribution in [-0.4, -0.2) is 48.0 Å². The van der Waals surface area contributed by atoms with Crippen LogP contribution in [0.4, 0.5) is 10.1 Å². The molecule has 1 aromatic carbocycles. The number of nitrogens with zero attached hydrogens (tertiary/aromatic N) is 2. The summed E-state index contributed by atoms with van der Waals surface area (Å²) in [5, 5.41) is 0. The van der Waals surface area contributed by atoms with E-state index in [-0.39, 0.29) is 23.9 Å². The van der Waals surface area contributed by atoms with Crippen LogP contribution in [0.15, 0.2) is 36.4 Å². The van der Waals surface area contributed by atoms with E-state index in [4.69, 9.17) is 10.5 Å². The van der Waals surface area contributed by atoms with Crippen LogP contribution in [-0.2, 0) is 16.0 Å². The Hall–Kier alpha value is -2.31. The molecule has 152 valence electrons. The maximum absolute atomic E-state index is 13.2. The van der Waals surface area contributed by atoms with Crippen molar-refractivity contribution in [3.05, 3.63) is 47.9 Å². The Morgan fingerprint density at radius 1 is 1.10 bits per heavy atom. The lowest BCUT2D eigenvalue weighted by Crippen LogP contribution is -2.40. The van der Waals surface area contributed by atoms with Gasteiger partial charge in [-0.25, -0.2) is 4.39 Å². The number of fused-ring (bicyclic) bond motifs is 1. The smallest absolute Gasteiger partial charge is 0.142 e. The first-order valence-corrected chi connectivity index (χ1v) is 10.5. The van der Waals surface area contributed by atoms with Gasteiger partial charge in [0, 0.05) is 43.8 Å². The van der Waals surface area contributed by atoms with E-state index in [1.165, 1.54) is 12.1 Å². The fraction of sp³-hybridized carbons (Fsp3) is 0.478. The van der Waals surface area contributed by atoms with Crippen molar-refractivity contribution in [2.24, 2.45) is 17.8 Å². The molecule has 1 saturated carbocycles. The van der Waals surface area contributed by atoms with Crippen LogP contribution in [0, 0.1) is 23.6 Å². The first kappa shape index (κ1) is 18.7. The molecular formula is C23H26FN3O2. The molecule has 1 unspecified atom stereocenters. The third-order valence-corrected chi connectivity index (χ3v) is 6.79. The first-order valence-electron chi connectivity index (χ1n) is 10.5. The molecule has 3 heterocycles. The number of rotatable bonds is 5. The number of ether oxygens (including phenoxy) is 1. The number of hydrogen-bond acceptors (Lipinski definition) is 5. The summed E-state index contributed by atoms with van der Waals surface area (Å²) in [5.74, 6) is 1.11. The summed E-state index contributed by atoms with van der Waals surface area (Å²) in [6.45, 7) is 3.77. The van der Waals surface area contributed by atoms with Crippen molar-refractivity contribution in [1.29, 1.82) is 0 Å². The van der Waals surface area contributed by atoms with Gasteiger partial charge in [0.1, 0.15) is 11.6 Å². The first-order chi connectivity index (χ1) is 14.1. The Morgan fingerprint density at radius 2 is 1.79 bits per heavy atom. The fourth-order valence-corrected chi connectivity index (χ4v) is 5.10. The Morgan fingerprint density at radius 3 is 2.48 bits per heavy atom. The molecular weight excluding hydrogens is 369 g/mol. The van der Waals surface area contributed by atoms with Crippen LogP contribution in [0.3, 0.4) is 0 Å². The molecule has 1 aromatic heterocycles. The van der Waals surface area contributed by atoms with E-state index in [1.807, 2.05) is 6.07 Å². The van der Waals surface area contributed by atoms with Crippen LogP contribution in [0.1, 0.15) is 18.5 Å². The van der Waals surface area contributed by atoms with Gasteiger partial charge in [-0.05, 0) is 61.1 Å². The molecule has 0 spiro atoms. The maximum Gasteiger partial charge on any atom is 0.142 e. The zero-order valence-electron chi connectivity index (χ0n) is 16.4. The Kier molecular flexibility index (Phi) is 4.84. The van der Waals surface area contributed by atoms with Gasteiger partial charge in [0.05, 0.1) is 23.5 Å². The number of ketones is 1. The monoisotopic (exact) mass is 395 g/mol. The highest BCUT2D eigenvalue weighted by Crippen LogP contribution is 2.53. The molecule has 6 heteroatoms. The topological polar surface area (TPSA) is 68.5 Å². The van der Waals surface area contributed by atoms with Crippen LogP contribution in [0.5, 0.6) is 0 Å². The Balaban J connectivity index is 1.23. The minimum absolute atomic E-state index is 0.154. The summed E-state index contributed by atoms with van der Waals surface area (Å²) in [6, 6.07) is 10.4. The van der Waals surface area contributed by atoms with Crippen molar-refractivity contribution in [3.8, 4) is 11.3 Å². The van der Waals surface area contributed by atoms with E-state index in [1.54, 1.807) is 18.2 Å². The van der Waals surface area contributed by atoms with Gasteiger partial charge in [0.2, 0.25) is 0 Å². The second-order valence-corrected chi connectivity index (χ2v) is 8.53. The van der Waals surface area contributed by atoms with Crippen molar-refractivity contribution in [3.63, 3.8) is 0 Å². The predicted octanol–water partition coefficient (Wildman–Crippen LogP) is 2.94. The standard InChI is InChI=1S/C23H26FN3O2/c24-15-3-1-14(2-4-15)20-6-5-19(25)21(26-20)11-22(28)23-17-12-27(13-18(17)23)16-7-9-29-10-8-16/h1-6,16-18,23H,7-13,25H2/t17-,18+,23?. The molecule has 3 atom stereocenters. The number of hydrogen-bond donors (Lipinski definition) is 1. The van der Waals surface area contributed by atoms with Crippen molar-refractivity contribution < 1.29 is 13.9 Å². The summed E-state index contributed by atoms with van der Waals surface area (Å²) < 4.78 is 18.6. The molecule has 1 aliphatic carbocycles. The van der Waals surface area contributed by atoms with Crippen LogP contribution < -0.4 is 5.73 Å². The highest BCUT2D eigenvalue weighted by molar-refractivity contribution is 5.87. The number of pyridine rings is 1. The number of halogens is 1. The van der Waals surface area contributed by atoms with Crippen molar-refractivity contribution in [1.82, 2.24) is 9.88 Å². The third-order valence-electron chi connectivity index (χ3n) is 6.79. The van der Waals surface area contributed by atoms with Crippen LogP contribution in [0.2, 0.25) is 0 Å². The number of carbonyl (C=O) groups is 1. The zero-order chi connectivity index (χ0) is 20.0. The molecule has 5 rings (SSSR count). The SMILES string of the molecule is Nc1ccc(-c2ccc(F)cc2)nc1CC(=O)C1[C@H]2CN(C3CCOCC3)C[C@@H]12. The number of anilines is 1. The lowest BCUT2D eigenvalue weighted by Gasteiger charge is -2.32. The number of nitrogen functional groups attached to an aromatic ring is 1. The molecule has 2 N–H and O–H groups in total. The van der Waals surface area contributed by atoms with Gasteiger partial charge in [0.15, 0.2) is 0 Å². The molecule has 5 nitrogen and oxygen atoms in total. The fourth-order valence-electron chi connectivity index (χ4n) is 5.10. The molecule has 2 saturated heterocycles. The largest absolute Gasteiger partial charge is 0.397 e. The van der Waals surface area contributed by atoms with E-state index >= 15 is 0 Å². The summed E-state index contributed by atoms with van der Waals surface area (Å²) in [6.07, 6.45) is 2.49. The molecule has 3 aliphatic rings. The van der Waals surface area contributed by atoms with Gasteiger partial charge >= 0.3 is 0 Å². The zero-order valence-corrected chi connectivity index (χ0v) is 16.4. The highest BCUT2D eigenvalue weighted by atomic mass is 19.1. The molecule has 2 aliphatic heterocycles. The maximum atomic E-state index is 13.2. The van der Waals surface area contributed by atoms with Crippen molar-refractivity contribution >= 4 is 11.5 Å². The number of piperidine rings is 1. The average Bonchev–Trinajstić information content (AvgIpc) is 3.25. The van der Waals surface area contributed by atoms with Crippen molar-refractivity contribution in [2.45, 2.75) is 25.3 Å². The van der Waals surface area contributed by atoms with Crippen LogP contribution in [0.25, 0.3) is 11.3 Å². The summed E-state index contributed by atoms with van der Waals surface area (Å²) in [5.41, 5.74) is 8.80. The summed E-state index contributed by atoms with van der Waals surface area (Å²) in [4.78, 5) is 20.1. The molecule has 0 amide bonds. The molecule has 29 heavy (non-hydrogen) atoms.